The van der Waals surface area contributed by atoms with Crippen LogP contribution in [0.15, 0.2) is 23.2 Å². The SMILES string of the molecule is COC(=O)c1ccc(C)cc1C1=NC(C)(C(C)C)CN1[O-]. The van der Waals surface area contributed by atoms with Gasteiger partial charge >= 0.3 is 5.97 Å². The van der Waals surface area contributed by atoms with E-state index in [1.54, 1.807) is 6.07 Å². The number of carbonyl (C=O) groups is 1. The molecule has 1 aromatic rings. The number of ether oxygens (including phenoxy) is 1. The second-order valence-corrected chi connectivity index (χ2v) is 6.02. The molecule has 0 saturated heterocycles. The van der Waals surface area contributed by atoms with Crippen LogP contribution in [0.25, 0.3) is 0 Å². The molecule has 0 fully saturated rings. The van der Waals surface area contributed by atoms with Crippen molar-refractivity contribution in [3.63, 3.8) is 0 Å². The molecule has 0 spiro atoms. The van der Waals surface area contributed by atoms with E-state index in [-0.39, 0.29) is 5.92 Å². The van der Waals surface area contributed by atoms with Gasteiger partial charge in [-0.15, -0.1) is 0 Å². The molecule has 0 amide bonds. The van der Waals surface area contributed by atoms with Crippen molar-refractivity contribution in [2.45, 2.75) is 33.2 Å². The van der Waals surface area contributed by atoms with Gasteiger partial charge in [-0.3, -0.25) is 4.99 Å². The van der Waals surface area contributed by atoms with E-state index in [0.29, 0.717) is 23.5 Å². The Bertz CT molecular complexity index is 595. The molecule has 0 N–H and O–H groups in total. The van der Waals surface area contributed by atoms with E-state index in [9.17, 15) is 10.0 Å². The molecule has 0 bridgehead atoms. The van der Waals surface area contributed by atoms with Crippen LogP contribution in [0, 0.1) is 18.0 Å². The molecule has 1 heterocycles. The van der Waals surface area contributed by atoms with E-state index < -0.39 is 11.5 Å². The third kappa shape index (κ3) is 2.78. The van der Waals surface area contributed by atoms with Gasteiger partial charge in [0.15, 0.2) is 0 Å². The zero-order chi connectivity index (χ0) is 15.8. The van der Waals surface area contributed by atoms with Gasteiger partial charge in [-0.25, -0.2) is 4.79 Å². The zero-order valence-corrected chi connectivity index (χ0v) is 13.1. The van der Waals surface area contributed by atoms with Crippen LogP contribution in [-0.4, -0.2) is 36.1 Å². The summed E-state index contributed by atoms with van der Waals surface area (Å²) in [5.41, 5.74) is 1.44. The minimum atomic E-state index is -0.459. The second kappa shape index (κ2) is 5.48. The van der Waals surface area contributed by atoms with E-state index in [0.717, 1.165) is 10.6 Å². The molecule has 1 atom stereocenters. The molecule has 1 unspecified atom stereocenters. The lowest BCUT2D eigenvalue weighted by Gasteiger charge is -2.31. The highest BCUT2D eigenvalue weighted by Gasteiger charge is 2.35. The van der Waals surface area contributed by atoms with Gasteiger partial charge in [0, 0.05) is 12.1 Å². The molecule has 1 aliphatic rings. The predicted molar refractivity (Wildman–Crippen MR) is 82.4 cm³/mol. The Morgan fingerprint density at radius 3 is 2.67 bits per heavy atom. The van der Waals surface area contributed by atoms with Crippen LogP contribution in [0.3, 0.4) is 0 Å². The summed E-state index contributed by atoms with van der Waals surface area (Å²) in [7, 11) is 1.33. The number of rotatable bonds is 3. The smallest absolute Gasteiger partial charge is 0.338 e. The van der Waals surface area contributed by atoms with Gasteiger partial charge in [0.05, 0.1) is 18.2 Å². The van der Waals surface area contributed by atoms with Gasteiger partial charge < -0.3 is 15.0 Å². The third-order valence-electron chi connectivity index (χ3n) is 4.13. The Labute approximate surface area is 125 Å². The highest BCUT2D eigenvalue weighted by Crippen LogP contribution is 2.31. The minimum Gasteiger partial charge on any atom is -0.757 e. The number of methoxy groups -OCH3 is 1. The van der Waals surface area contributed by atoms with Crippen molar-refractivity contribution >= 4 is 11.8 Å². The van der Waals surface area contributed by atoms with Crippen LogP contribution in [0.1, 0.15) is 42.3 Å². The fourth-order valence-electron chi connectivity index (χ4n) is 2.34. The largest absolute Gasteiger partial charge is 0.757 e. The van der Waals surface area contributed by atoms with Gasteiger partial charge in [-0.05, 0) is 31.9 Å². The van der Waals surface area contributed by atoms with Crippen molar-refractivity contribution in [1.29, 1.82) is 0 Å². The summed E-state index contributed by atoms with van der Waals surface area (Å²) < 4.78 is 4.80. The van der Waals surface area contributed by atoms with Gasteiger partial charge in [0.1, 0.15) is 5.84 Å². The second-order valence-electron chi connectivity index (χ2n) is 6.02. The molecule has 0 radical (unpaired) electrons. The van der Waals surface area contributed by atoms with Crippen LogP contribution < -0.4 is 0 Å². The maximum absolute atomic E-state index is 12.3. The lowest BCUT2D eigenvalue weighted by molar-refractivity contribution is 0.0600. The monoisotopic (exact) mass is 289 g/mol. The first-order valence-electron chi connectivity index (χ1n) is 7.02. The fraction of sp³-hybridized carbons (Fsp3) is 0.500. The van der Waals surface area contributed by atoms with Crippen molar-refractivity contribution < 1.29 is 9.53 Å². The molecular formula is C16H21N2O3-. The first-order valence-corrected chi connectivity index (χ1v) is 7.02. The number of hydrogen-bond acceptors (Lipinski definition) is 5. The van der Waals surface area contributed by atoms with E-state index in [4.69, 9.17) is 4.74 Å². The van der Waals surface area contributed by atoms with Crippen LogP contribution in [0.2, 0.25) is 0 Å². The maximum Gasteiger partial charge on any atom is 0.338 e. The van der Waals surface area contributed by atoms with Crippen molar-refractivity contribution in [3.8, 4) is 0 Å². The minimum absolute atomic E-state index is 0.234. The Morgan fingerprint density at radius 2 is 2.14 bits per heavy atom. The number of nitrogens with zero attached hydrogens (tertiary/aromatic N) is 2. The molecular weight excluding hydrogens is 268 g/mol. The molecule has 0 aromatic heterocycles. The normalized spacial score (nSPS) is 21.7. The van der Waals surface area contributed by atoms with Crippen molar-refractivity contribution in [3.05, 3.63) is 40.1 Å². The van der Waals surface area contributed by atoms with Crippen LogP contribution in [0.4, 0.5) is 0 Å². The summed E-state index contributed by atoms with van der Waals surface area (Å²) in [6.45, 7) is 8.25. The Kier molecular flexibility index (Phi) is 4.05. The van der Waals surface area contributed by atoms with Crippen molar-refractivity contribution in [1.82, 2.24) is 5.06 Å². The van der Waals surface area contributed by atoms with Crippen LogP contribution in [0.5, 0.6) is 0 Å². The molecule has 0 aliphatic carbocycles. The lowest BCUT2D eigenvalue weighted by atomic mass is 9.90. The number of esters is 1. The van der Waals surface area contributed by atoms with Crippen LogP contribution >= 0.6 is 0 Å². The van der Waals surface area contributed by atoms with Crippen molar-refractivity contribution in [2.75, 3.05) is 13.7 Å². The Balaban J connectivity index is 2.56. The average molecular weight is 289 g/mol. The fourth-order valence-corrected chi connectivity index (χ4v) is 2.34. The van der Waals surface area contributed by atoms with Gasteiger partial charge in [-0.1, -0.05) is 25.5 Å². The Morgan fingerprint density at radius 1 is 1.48 bits per heavy atom. The molecule has 2 rings (SSSR count). The van der Waals surface area contributed by atoms with E-state index in [2.05, 4.69) is 4.99 Å². The molecule has 114 valence electrons. The molecule has 1 aromatic carbocycles. The summed E-state index contributed by atoms with van der Waals surface area (Å²) >= 11 is 0. The molecule has 5 nitrogen and oxygen atoms in total. The average Bonchev–Trinajstić information content (AvgIpc) is 2.74. The number of benzene rings is 1. The Hall–Kier alpha value is -1.88. The molecule has 0 saturated carbocycles. The van der Waals surface area contributed by atoms with Crippen LogP contribution in [-0.2, 0) is 4.74 Å². The van der Waals surface area contributed by atoms with E-state index >= 15 is 0 Å². The standard InChI is InChI=1S/C16H21N2O3/c1-10(2)16(4)9-18(20)14(17-16)13-8-11(3)6-7-12(13)15(19)21-5/h6-8,10H,9H2,1-5H3/q-1. The van der Waals surface area contributed by atoms with E-state index in [1.807, 2.05) is 39.8 Å². The van der Waals surface area contributed by atoms with Gasteiger partial charge in [0.25, 0.3) is 0 Å². The first kappa shape index (κ1) is 15.5. The topological polar surface area (TPSA) is 65.0 Å². The molecule has 21 heavy (non-hydrogen) atoms. The predicted octanol–water partition coefficient (Wildman–Crippen LogP) is 2.76. The lowest BCUT2D eigenvalue weighted by Crippen LogP contribution is -2.35. The number of hydroxylamine groups is 2. The quantitative estimate of drug-likeness (QED) is 0.803. The van der Waals surface area contributed by atoms with Gasteiger partial charge in [0.2, 0.25) is 0 Å². The van der Waals surface area contributed by atoms with E-state index in [1.165, 1.54) is 7.11 Å². The molecule has 5 heteroatoms. The first-order chi connectivity index (χ1) is 9.78. The number of amidine groups is 1. The molecule has 1 aliphatic heterocycles. The summed E-state index contributed by atoms with van der Waals surface area (Å²) in [4.78, 5) is 16.5. The highest BCUT2D eigenvalue weighted by atomic mass is 16.5. The van der Waals surface area contributed by atoms with Crippen molar-refractivity contribution in [2.24, 2.45) is 10.9 Å². The number of aryl methyl sites for hydroxylation is 1. The summed E-state index contributed by atoms with van der Waals surface area (Å²) in [6.07, 6.45) is 0. The number of aliphatic imine (C=N–C) groups is 1. The summed E-state index contributed by atoms with van der Waals surface area (Å²) in [6, 6.07) is 5.31. The number of hydrogen-bond donors (Lipinski definition) is 0. The number of carbonyl (C=O) groups excluding carboxylic acids is 1. The summed E-state index contributed by atoms with van der Waals surface area (Å²) in [5.74, 6) is 0.0902. The van der Waals surface area contributed by atoms with Gasteiger partial charge in [-0.2, -0.15) is 0 Å². The highest BCUT2D eigenvalue weighted by molar-refractivity contribution is 6.09. The zero-order valence-electron chi connectivity index (χ0n) is 13.1. The summed E-state index contributed by atoms with van der Waals surface area (Å²) in [5, 5.41) is 13.2. The maximum atomic E-state index is 12.3. The third-order valence-corrected chi connectivity index (χ3v) is 4.13.